The van der Waals surface area contributed by atoms with Gasteiger partial charge in [-0.2, -0.15) is 0 Å². The lowest BCUT2D eigenvalue weighted by atomic mass is 10.1. The maximum absolute atomic E-state index is 13.7. The number of guanidine groups is 1. The average molecular weight is 537 g/mol. The van der Waals surface area contributed by atoms with Crippen molar-refractivity contribution in [3.05, 3.63) is 59.4 Å². The molecule has 2 aromatic rings. The average Bonchev–Trinajstić information content (AvgIpc) is 2.65. The molecule has 2 aromatic carbocycles. The van der Waals surface area contributed by atoms with E-state index in [9.17, 15) is 12.8 Å². The summed E-state index contributed by atoms with van der Waals surface area (Å²) in [6, 6.07) is 11.6. The molecule has 0 aliphatic rings. The highest BCUT2D eigenvalue weighted by Gasteiger charge is 2.18. The molecule has 0 amide bonds. The van der Waals surface area contributed by atoms with Crippen molar-refractivity contribution in [1.29, 1.82) is 0 Å². The third-order valence-corrected chi connectivity index (χ3v) is 6.51. The summed E-state index contributed by atoms with van der Waals surface area (Å²) >= 11 is 1.67. The van der Waals surface area contributed by atoms with Crippen molar-refractivity contribution in [1.82, 2.24) is 10.6 Å². The molecule has 0 aromatic heterocycles. The van der Waals surface area contributed by atoms with Gasteiger partial charge in [-0.25, -0.2) is 12.8 Å². The predicted octanol–water partition coefficient (Wildman–Crippen LogP) is 3.61. The number of sulfone groups is 1. The van der Waals surface area contributed by atoms with Crippen LogP contribution in [0.1, 0.15) is 11.1 Å². The van der Waals surface area contributed by atoms with Crippen LogP contribution in [-0.4, -0.2) is 40.0 Å². The summed E-state index contributed by atoms with van der Waals surface area (Å²) in [5.41, 5.74) is 2.33. The molecule has 0 aliphatic heterocycles. The largest absolute Gasteiger partial charge is 0.355 e. The van der Waals surface area contributed by atoms with Crippen LogP contribution in [0.25, 0.3) is 0 Å². The Labute approximate surface area is 187 Å². The summed E-state index contributed by atoms with van der Waals surface area (Å²) in [7, 11) is -2.08. The van der Waals surface area contributed by atoms with Gasteiger partial charge < -0.3 is 10.6 Å². The van der Waals surface area contributed by atoms with Crippen LogP contribution in [-0.2, 0) is 16.4 Å². The summed E-state index contributed by atoms with van der Waals surface area (Å²) in [4.78, 5) is 5.01. The molecule has 0 fully saturated rings. The molecule has 0 saturated heterocycles. The van der Waals surface area contributed by atoms with E-state index in [2.05, 4.69) is 27.8 Å². The summed E-state index contributed by atoms with van der Waals surface area (Å²) in [5.74, 6) is -0.467. The highest BCUT2D eigenvalue weighted by molar-refractivity contribution is 14.0. The van der Waals surface area contributed by atoms with Crippen molar-refractivity contribution in [2.75, 3.05) is 25.6 Å². The minimum Gasteiger partial charge on any atom is -0.355 e. The fraction of sp³-hybridized carbons (Fsp3) is 0.316. The zero-order valence-corrected chi connectivity index (χ0v) is 20.0. The molecule has 0 heterocycles. The van der Waals surface area contributed by atoms with Crippen LogP contribution in [0.4, 0.5) is 4.39 Å². The number of nitrogens with zero attached hydrogens (tertiary/aromatic N) is 1. The van der Waals surface area contributed by atoms with Crippen molar-refractivity contribution in [2.45, 2.75) is 23.3 Å². The number of nitrogens with one attached hydrogen (secondary N) is 2. The molecule has 0 saturated carbocycles. The third kappa shape index (κ3) is 6.93. The zero-order valence-electron chi connectivity index (χ0n) is 16.0. The molecule has 0 bridgehead atoms. The summed E-state index contributed by atoms with van der Waals surface area (Å²) < 4.78 is 38.3. The van der Waals surface area contributed by atoms with Gasteiger partial charge in [-0.1, -0.05) is 24.3 Å². The normalized spacial score (nSPS) is 11.6. The second-order valence-corrected chi connectivity index (χ2v) is 8.84. The van der Waals surface area contributed by atoms with Gasteiger partial charge in [-0.15, -0.1) is 35.7 Å². The molecule has 2 rings (SSSR count). The Balaban J connectivity index is 0.00000392. The van der Waals surface area contributed by atoms with Gasteiger partial charge in [0.25, 0.3) is 0 Å². The minimum atomic E-state index is -3.70. The molecular formula is C19H25FIN3O2S2. The molecule has 0 aliphatic carbocycles. The molecule has 0 atom stereocenters. The Bertz CT molecular complexity index is 921. The van der Waals surface area contributed by atoms with Crippen molar-refractivity contribution < 1.29 is 12.8 Å². The zero-order chi connectivity index (χ0) is 19.9. The number of hydrogen-bond acceptors (Lipinski definition) is 4. The Morgan fingerprint density at radius 3 is 2.54 bits per heavy atom. The quantitative estimate of drug-likeness (QED) is 0.245. The molecule has 0 unspecified atom stereocenters. The Morgan fingerprint density at radius 2 is 1.89 bits per heavy atom. The van der Waals surface area contributed by atoms with E-state index in [0.29, 0.717) is 12.5 Å². The number of rotatable bonds is 7. The van der Waals surface area contributed by atoms with Gasteiger partial charge >= 0.3 is 0 Å². The van der Waals surface area contributed by atoms with Crippen LogP contribution in [0.2, 0.25) is 0 Å². The van der Waals surface area contributed by atoms with Crippen LogP contribution < -0.4 is 10.6 Å². The predicted molar refractivity (Wildman–Crippen MR) is 125 cm³/mol. The van der Waals surface area contributed by atoms with E-state index in [4.69, 9.17) is 0 Å². The van der Waals surface area contributed by atoms with Crippen molar-refractivity contribution in [2.24, 2.45) is 4.99 Å². The third-order valence-electron chi connectivity index (χ3n) is 3.95. The second-order valence-electron chi connectivity index (χ2n) is 5.92. The number of benzene rings is 2. The van der Waals surface area contributed by atoms with Crippen molar-refractivity contribution >= 4 is 51.5 Å². The van der Waals surface area contributed by atoms with E-state index in [1.807, 2.05) is 19.2 Å². The van der Waals surface area contributed by atoms with E-state index >= 15 is 0 Å². The highest BCUT2D eigenvalue weighted by Crippen LogP contribution is 2.21. The van der Waals surface area contributed by atoms with Gasteiger partial charge in [0.05, 0.1) is 5.75 Å². The minimum absolute atomic E-state index is 0. The first-order valence-corrected chi connectivity index (χ1v) is 11.3. The van der Waals surface area contributed by atoms with E-state index < -0.39 is 15.7 Å². The van der Waals surface area contributed by atoms with Crippen LogP contribution in [0.5, 0.6) is 0 Å². The molecule has 9 heteroatoms. The summed E-state index contributed by atoms with van der Waals surface area (Å²) in [6.07, 6.45) is 2.03. The Morgan fingerprint density at radius 1 is 1.18 bits per heavy atom. The van der Waals surface area contributed by atoms with Gasteiger partial charge in [0.15, 0.2) is 15.8 Å². The fourth-order valence-corrected chi connectivity index (χ4v) is 4.46. The fourth-order valence-electron chi connectivity index (χ4n) is 2.51. The number of aryl methyl sites for hydroxylation is 1. The van der Waals surface area contributed by atoms with Crippen LogP contribution in [0.3, 0.4) is 0 Å². The highest BCUT2D eigenvalue weighted by atomic mass is 127. The number of halogens is 2. The topological polar surface area (TPSA) is 70.6 Å². The smallest absolute Gasteiger partial charge is 0.191 e. The van der Waals surface area contributed by atoms with Gasteiger partial charge in [0, 0.05) is 25.0 Å². The maximum atomic E-state index is 13.7. The molecule has 154 valence electrons. The van der Waals surface area contributed by atoms with Gasteiger partial charge in [-0.05, 0) is 42.5 Å². The van der Waals surface area contributed by atoms with Crippen molar-refractivity contribution in [3.63, 3.8) is 0 Å². The molecule has 5 nitrogen and oxygen atoms in total. The molecule has 0 spiro atoms. The summed E-state index contributed by atoms with van der Waals surface area (Å²) in [5, 5.41) is 6.14. The van der Waals surface area contributed by atoms with E-state index in [1.54, 1.807) is 18.8 Å². The Hall–Kier alpha value is -1.33. The number of aliphatic imine (C=N–C) groups is 1. The Kier molecular flexibility index (Phi) is 10.3. The van der Waals surface area contributed by atoms with Crippen LogP contribution in [0, 0.1) is 12.7 Å². The van der Waals surface area contributed by atoms with E-state index in [0.717, 1.165) is 11.6 Å². The molecule has 28 heavy (non-hydrogen) atoms. The first-order chi connectivity index (χ1) is 12.9. The van der Waals surface area contributed by atoms with Gasteiger partial charge in [0.1, 0.15) is 10.7 Å². The van der Waals surface area contributed by atoms with Gasteiger partial charge in [0.2, 0.25) is 0 Å². The lowest BCUT2D eigenvalue weighted by Gasteiger charge is -2.14. The number of thioether (sulfide) groups is 1. The van der Waals surface area contributed by atoms with Crippen LogP contribution in [0.15, 0.2) is 57.2 Å². The first-order valence-electron chi connectivity index (χ1n) is 8.42. The SMILES string of the molecule is CN=C(NCCS(=O)(=O)c1ccccc1F)NCc1ccc(C)cc1SC.I. The lowest BCUT2D eigenvalue weighted by Crippen LogP contribution is -2.39. The molecule has 0 radical (unpaired) electrons. The number of hydrogen-bond donors (Lipinski definition) is 2. The monoisotopic (exact) mass is 537 g/mol. The molecular weight excluding hydrogens is 512 g/mol. The van der Waals surface area contributed by atoms with Crippen LogP contribution >= 0.6 is 35.7 Å². The molecule has 2 N–H and O–H groups in total. The standard InChI is InChI=1S/C19H24FN3O2S2.HI/c1-14-8-9-15(17(12-14)26-3)13-23-19(21-2)22-10-11-27(24,25)18-7-5-4-6-16(18)20;/h4-9,12H,10-11,13H2,1-3H3,(H2,21,22,23);1H. The first kappa shape index (κ1) is 24.7. The van der Waals surface area contributed by atoms with E-state index in [1.165, 1.54) is 28.7 Å². The lowest BCUT2D eigenvalue weighted by molar-refractivity contribution is 0.566. The van der Waals surface area contributed by atoms with Gasteiger partial charge in [-0.3, -0.25) is 4.99 Å². The maximum Gasteiger partial charge on any atom is 0.191 e. The van der Waals surface area contributed by atoms with Crippen molar-refractivity contribution in [3.8, 4) is 0 Å². The van der Waals surface area contributed by atoms with E-state index in [-0.39, 0.29) is 41.2 Å². The second kappa shape index (κ2) is 11.6. The summed E-state index contributed by atoms with van der Waals surface area (Å²) in [6.45, 7) is 2.74.